The highest BCUT2D eigenvalue weighted by Gasteiger charge is 2.10. The summed E-state index contributed by atoms with van der Waals surface area (Å²) in [7, 11) is 0. The van der Waals surface area contributed by atoms with Crippen molar-refractivity contribution in [3.8, 4) is 0 Å². The molecule has 1 aliphatic rings. The zero-order chi connectivity index (χ0) is 13.4. The summed E-state index contributed by atoms with van der Waals surface area (Å²) in [5, 5.41) is 8.75. The van der Waals surface area contributed by atoms with Gasteiger partial charge in [0, 0.05) is 19.6 Å². The van der Waals surface area contributed by atoms with Crippen LogP contribution >= 0.6 is 0 Å². The number of carboxylic acids is 1. The van der Waals surface area contributed by atoms with Crippen LogP contribution in [0.25, 0.3) is 0 Å². The zero-order valence-electron chi connectivity index (χ0n) is 11.5. The summed E-state index contributed by atoms with van der Waals surface area (Å²) in [6, 6.07) is 0. The van der Waals surface area contributed by atoms with Crippen molar-refractivity contribution in [3.63, 3.8) is 0 Å². The van der Waals surface area contributed by atoms with Crippen LogP contribution in [-0.4, -0.2) is 35.6 Å². The van der Waals surface area contributed by atoms with Gasteiger partial charge in [0.1, 0.15) is 0 Å². The van der Waals surface area contributed by atoms with Gasteiger partial charge in [-0.3, -0.25) is 9.69 Å². The summed E-state index contributed by atoms with van der Waals surface area (Å²) in [5.74, 6) is -0.724. The number of rotatable bonds is 8. The van der Waals surface area contributed by atoms with E-state index in [1.807, 2.05) is 6.92 Å². The van der Waals surface area contributed by atoms with Gasteiger partial charge in [-0.2, -0.15) is 0 Å². The molecular weight excluding hydrogens is 226 g/mol. The molecule has 102 valence electrons. The fourth-order valence-corrected chi connectivity index (χ4v) is 2.34. The van der Waals surface area contributed by atoms with Gasteiger partial charge in [0.15, 0.2) is 0 Å². The van der Waals surface area contributed by atoms with E-state index in [0.717, 1.165) is 25.1 Å². The Labute approximate surface area is 110 Å². The minimum absolute atomic E-state index is 0.215. The smallest absolute Gasteiger partial charge is 0.304 e. The monoisotopic (exact) mass is 251 g/mol. The molecule has 0 aliphatic heterocycles. The maximum atomic E-state index is 10.6. The lowest BCUT2D eigenvalue weighted by molar-refractivity contribution is -0.137. The molecule has 0 aromatic heterocycles. The largest absolute Gasteiger partial charge is 0.481 e. The van der Waals surface area contributed by atoms with Gasteiger partial charge in [-0.05, 0) is 39.0 Å². The Balaban J connectivity index is 2.36. The van der Waals surface area contributed by atoms with Crippen LogP contribution in [-0.2, 0) is 4.79 Å². The number of aliphatic carboxylic acids is 1. The van der Waals surface area contributed by atoms with Gasteiger partial charge >= 0.3 is 5.97 Å². The number of hydrogen-bond acceptors (Lipinski definition) is 2. The first-order valence-corrected chi connectivity index (χ1v) is 6.84. The molecule has 0 aromatic rings. The van der Waals surface area contributed by atoms with Crippen LogP contribution in [0.15, 0.2) is 23.8 Å². The van der Waals surface area contributed by atoms with E-state index in [4.69, 9.17) is 5.11 Å². The first-order valence-electron chi connectivity index (χ1n) is 6.84. The van der Waals surface area contributed by atoms with Crippen LogP contribution < -0.4 is 0 Å². The van der Waals surface area contributed by atoms with Gasteiger partial charge in [-0.1, -0.05) is 23.8 Å². The average molecular weight is 251 g/mol. The predicted octanol–water partition coefficient (Wildman–Crippen LogP) is 3.23. The SMILES string of the molecule is C=C(C)CN(CCC(=O)O)CCC1=CCCCC1. The van der Waals surface area contributed by atoms with Crippen molar-refractivity contribution in [1.82, 2.24) is 4.90 Å². The number of carboxylic acid groups (broad SMARTS) is 1. The Kier molecular flexibility index (Phi) is 6.73. The van der Waals surface area contributed by atoms with E-state index >= 15 is 0 Å². The lowest BCUT2D eigenvalue weighted by Crippen LogP contribution is -2.29. The summed E-state index contributed by atoms with van der Waals surface area (Å²) in [4.78, 5) is 12.8. The lowest BCUT2D eigenvalue weighted by Gasteiger charge is -2.23. The van der Waals surface area contributed by atoms with Crippen molar-refractivity contribution in [1.29, 1.82) is 0 Å². The molecule has 1 rings (SSSR count). The van der Waals surface area contributed by atoms with Gasteiger partial charge in [0.2, 0.25) is 0 Å². The van der Waals surface area contributed by atoms with E-state index in [0.29, 0.717) is 6.54 Å². The Morgan fingerprint density at radius 3 is 2.78 bits per heavy atom. The highest BCUT2D eigenvalue weighted by Crippen LogP contribution is 2.20. The standard InChI is InChI=1S/C15H25NO2/c1-13(2)12-16(11-9-15(17)18)10-8-14-6-4-3-5-7-14/h6H,1,3-5,7-12H2,2H3,(H,17,18). The van der Waals surface area contributed by atoms with Gasteiger partial charge in [0.25, 0.3) is 0 Å². The second kappa shape index (κ2) is 8.09. The van der Waals surface area contributed by atoms with Crippen molar-refractivity contribution in [2.75, 3.05) is 19.6 Å². The van der Waals surface area contributed by atoms with Crippen LogP contribution in [0.3, 0.4) is 0 Å². The summed E-state index contributed by atoms with van der Waals surface area (Å²) in [6.45, 7) is 8.28. The molecule has 3 nitrogen and oxygen atoms in total. The van der Waals surface area contributed by atoms with E-state index in [1.165, 1.54) is 25.7 Å². The minimum atomic E-state index is -0.724. The Morgan fingerprint density at radius 2 is 2.22 bits per heavy atom. The van der Waals surface area contributed by atoms with Crippen molar-refractivity contribution in [2.45, 2.75) is 45.4 Å². The van der Waals surface area contributed by atoms with E-state index < -0.39 is 5.97 Å². The fourth-order valence-electron chi connectivity index (χ4n) is 2.34. The molecule has 0 saturated heterocycles. The number of allylic oxidation sites excluding steroid dienone is 1. The third kappa shape index (κ3) is 6.60. The Hall–Kier alpha value is -1.09. The summed E-state index contributed by atoms with van der Waals surface area (Å²) in [5.41, 5.74) is 2.64. The molecule has 0 bridgehead atoms. The molecule has 0 saturated carbocycles. The lowest BCUT2D eigenvalue weighted by atomic mass is 9.97. The van der Waals surface area contributed by atoms with E-state index in [-0.39, 0.29) is 6.42 Å². The van der Waals surface area contributed by atoms with Crippen LogP contribution in [0.4, 0.5) is 0 Å². The van der Waals surface area contributed by atoms with E-state index in [1.54, 1.807) is 5.57 Å². The molecule has 0 radical (unpaired) electrons. The van der Waals surface area contributed by atoms with Crippen LogP contribution in [0, 0.1) is 0 Å². The second-order valence-corrected chi connectivity index (χ2v) is 5.24. The first-order chi connectivity index (χ1) is 8.58. The molecule has 0 atom stereocenters. The molecule has 0 fully saturated rings. The number of hydrogen-bond donors (Lipinski definition) is 1. The topological polar surface area (TPSA) is 40.5 Å². The van der Waals surface area contributed by atoms with Crippen molar-refractivity contribution < 1.29 is 9.90 Å². The summed E-state index contributed by atoms with van der Waals surface area (Å²) in [6.07, 6.45) is 8.71. The van der Waals surface area contributed by atoms with Gasteiger partial charge in [-0.25, -0.2) is 0 Å². The van der Waals surface area contributed by atoms with Crippen molar-refractivity contribution in [2.24, 2.45) is 0 Å². The molecule has 0 amide bonds. The maximum Gasteiger partial charge on any atom is 0.304 e. The van der Waals surface area contributed by atoms with Crippen LogP contribution in [0.5, 0.6) is 0 Å². The third-order valence-corrected chi connectivity index (χ3v) is 3.27. The minimum Gasteiger partial charge on any atom is -0.481 e. The molecular formula is C15H25NO2. The Bertz CT molecular complexity index is 320. The van der Waals surface area contributed by atoms with Crippen LogP contribution in [0.2, 0.25) is 0 Å². The van der Waals surface area contributed by atoms with Crippen molar-refractivity contribution >= 4 is 5.97 Å². The molecule has 1 aliphatic carbocycles. The van der Waals surface area contributed by atoms with Crippen molar-refractivity contribution in [3.05, 3.63) is 23.8 Å². The first kappa shape index (κ1) is 15.0. The molecule has 0 aromatic carbocycles. The molecule has 0 unspecified atom stereocenters. The normalized spacial score (nSPS) is 15.6. The maximum absolute atomic E-state index is 10.6. The summed E-state index contributed by atoms with van der Waals surface area (Å²) >= 11 is 0. The number of nitrogens with zero attached hydrogens (tertiary/aromatic N) is 1. The second-order valence-electron chi connectivity index (χ2n) is 5.24. The predicted molar refractivity (Wildman–Crippen MR) is 74.7 cm³/mol. The Morgan fingerprint density at radius 1 is 1.44 bits per heavy atom. The molecule has 0 heterocycles. The quantitative estimate of drug-likeness (QED) is 0.673. The van der Waals surface area contributed by atoms with E-state index in [9.17, 15) is 4.79 Å². The highest BCUT2D eigenvalue weighted by molar-refractivity contribution is 5.66. The average Bonchev–Trinajstić information content (AvgIpc) is 2.33. The molecule has 3 heteroatoms. The third-order valence-electron chi connectivity index (χ3n) is 3.27. The number of carbonyl (C=O) groups is 1. The van der Waals surface area contributed by atoms with Gasteiger partial charge in [-0.15, -0.1) is 0 Å². The van der Waals surface area contributed by atoms with Gasteiger partial charge < -0.3 is 5.11 Å². The van der Waals surface area contributed by atoms with E-state index in [2.05, 4.69) is 17.6 Å². The molecule has 1 N–H and O–H groups in total. The highest BCUT2D eigenvalue weighted by atomic mass is 16.4. The molecule has 18 heavy (non-hydrogen) atoms. The molecule has 0 spiro atoms. The fraction of sp³-hybridized carbons (Fsp3) is 0.667. The van der Waals surface area contributed by atoms with Gasteiger partial charge in [0.05, 0.1) is 6.42 Å². The summed E-state index contributed by atoms with van der Waals surface area (Å²) < 4.78 is 0. The zero-order valence-corrected chi connectivity index (χ0v) is 11.5. The van der Waals surface area contributed by atoms with Crippen LogP contribution in [0.1, 0.15) is 45.4 Å².